The third kappa shape index (κ3) is 13.4. The lowest BCUT2D eigenvalue weighted by atomic mass is 10.0. The number of hydrogen-bond acceptors (Lipinski definition) is 2. The molecule has 0 unspecified atom stereocenters. The van der Waals surface area contributed by atoms with Crippen LogP contribution in [0.15, 0.2) is 0 Å². The van der Waals surface area contributed by atoms with Gasteiger partial charge < -0.3 is 10.4 Å². The molecule has 2 N–H and O–H groups in total. The molecular formula is C14H29NO2. The summed E-state index contributed by atoms with van der Waals surface area (Å²) in [5, 5.41) is 11.5. The van der Waals surface area contributed by atoms with Gasteiger partial charge in [-0.05, 0) is 25.2 Å². The van der Waals surface area contributed by atoms with Crippen LogP contribution >= 0.6 is 0 Å². The van der Waals surface area contributed by atoms with Crippen molar-refractivity contribution in [2.24, 2.45) is 5.92 Å². The number of aliphatic hydroxyl groups is 1. The Labute approximate surface area is 106 Å². The second-order valence-corrected chi connectivity index (χ2v) is 5.13. The van der Waals surface area contributed by atoms with Crippen molar-refractivity contribution in [3.05, 3.63) is 0 Å². The molecule has 0 aliphatic heterocycles. The Hall–Kier alpha value is -0.570. The van der Waals surface area contributed by atoms with Crippen molar-refractivity contribution >= 4 is 5.91 Å². The second kappa shape index (κ2) is 11.9. The van der Waals surface area contributed by atoms with Crippen molar-refractivity contribution in [1.82, 2.24) is 5.32 Å². The van der Waals surface area contributed by atoms with Gasteiger partial charge in [-0.15, -0.1) is 0 Å². The molecule has 0 fully saturated rings. The molecule has 0 aromatic heterocycles. The zero-order valence-corrected chi connectivity index (χ0v) is 11.5. The first-order chi connectivity index (χ1) is 8.16. The zero-order valence-electron chi connectivity index (χ0n) is 11.5. The first-order valence-corrected chi connectivity index (χ1v) is 7.04. The van der Waals surface area contributed by atoms with Gasteiger partial charge in [0, 0.05) is 19.6 Å². The molecule has 0 aromatic rings. The van der Waals surface area contributed by atoms with Crippen molar-refractivity contribution in [2.75, 3.05) is 13.2 Å². The summed E-state index contributed by atoms with van der Waals surface area (Å²) in [6.45, 7) is 5.50. The van der Waals surface area contributed by atoms with Crippen LogP contribution in [0, 0.1) is 5.92 Å². The summed E-state index contributed by atoms with van der Waals surface area (Å²) in [5.74, 6) is 0.932. The van der Waals surface area contributed by atoms with E-state index in [1.165, 1.54) is 25.7 Å². The minimum Gasteiger partial charge on any atom is -0.396 e. The predicted octanol–water partition coefficient (Wildman–Crippen LogP) is 2.87. The standard InChI is InChI=1S/C14H29NO2/c1-13(2)9-5-3-4-7-11-15-14(17)10-6-8-12-16/h13,16H,3-12H2,1-2H3,(H,15,17). The molecule has 102 valence electrons. The van der Waals surface area contributed by atoms with Gasteiger partial charge >= 0.3 is 0 Å². The highest BCUT2D eigenvalue weighted by atomic mass is 16.2. The van der Waals surface area contributed by atoms with Crippen LogP contribution in [0.2, 0.25) is 0 Å². The lowest BCUT2D eigenvalue weighted by Gasteiger charge is -2.06. The van der Waals surface area contributed by atoms with Crippen molar-refractivity contribution in [1.29, 1.82) is 0 Å². The fourth-order valence-corrected chi connectivity index (χ4v) is 1.74. The Balaban J connectivity index is 3.14. The number of carbonyl (C=O) groups excluding carboxylic acids is 1. The fraction of sp³-hybridized carbons (Fsp3) is 0.929. The first-order valence-electron chi connectivity index (χ1n) is 7.04. The summed E-state index contributed by atoms with van der Waals surface area (Å²) >= 11 is 0. The molecule has 0 spiro atoms. The van der Waals surface area contributed by atoms with Crippen molar-refractivity contribution in [3.63, 3.8) is 0 Å². The van der Waals surface area contributed by atoms with Gasteiger partial charge in [-0.25, -0.2) is 0 Å². The Morgan fingerprint density at radius 1 is 1.06 bits per heavy atom. The molecule has 0 radical (unpaired) electrons. The third-order valence-electron chi connectivity index (χ3n) is 2.84. The van der Waals surface area contributed by atoms with E-state index < -0.39 is 0 Å². The van der Waals surface area contributed by atoms with E-state index in [1.807, 2.05) is 0 Å². The Morgan fingerprint density at radius 2 is 1.76 bits per heavy atom. The minimum absolute atomic E-state index is 0.126. The molecule has 0 aliphatic rings. The van der Waals surface area contributed by atoms with Gasteiger partial charge in [-0.3, -0.25) is 4.79 Å². The van der Waals surface area contributed by atoms with Gasteiger partial charge in [0.2, 0.25) is 5.91 Å². The molecule has 3 heteroatoms. The highest BCUT2D eigenvalue weighted by Crippen LogP contribution is 2.08. The van der Waals surface area contributed by atoms with Gasteiger partial charge in [-0.2, -0.15) is 0 Å². The average Bonchev–Trinajstić information content (AvgIpc) is 2.28. The van der Waals surface area contributed by atoms with Crippen LogP contribution in [0.25, 0.3) is 0 Å². The quantitative estimate of drug-likeness (QED) is 0.548. The number of rotatable bonds is 11. The molecule has 17 heavy (non-hydrogen) atoms. The summed E-state index contributed by atoms with van der Waals surface area (Å²) in [7, 11) is 0. The number of unbranched alkanes of at least 4 members (excludes halogenated alkanes) is 4. The lowest BCUT2D eigenvalue weighted by molar-refractivity contribution is -0.121. The van der Waals surface area contributed by atoms with E-state index in [4.69, 9.17) is 5.11 Å². The molecule has 0 rings (SSSR count). The Bertz CT molecular complexity index is 181. The third-order valence-corrected chi connectivity index (χ3v) is 2.84. The SMILES string of the molecule is CC(C)CCCCCCNC(=O)CCCCO. The minimum atomic E-state index is 0.126. The maximum atomic E-state index is 11.3. The molecule has 0 saturated heterocycles. The highest BCUT2D eigenvalue weighted by Gasteiger charge is 1.99. The summed E-state index contributed by atoms with van der Waals surface area (Å²) in [6.07, 6.45) is 8.26. The molecular weight excluding hydrogens is 214 g/mol. The van der Waals surface area contributed by atoms with E-state index >= 15 is 0 Å². The van der Waals surface area contributed by atoms with E-state index in [1.54, 1.807) is 0 Å². The van der Waals surface area contributed by atoms with Crippen LogP contribution < -0.4 is 5.32 Å². The van der Waals surface area contributed by atoms with Crippen LogP contribution in [-0.4, -0.2) is 24.2 Å². The van der Waals surface area contributed by atoms with E-state index in [9.17, 15) is 4.79 Å². The molecule has 3 nitrogen and oxygen atoms in total. The topological polar surface area (TPSA) is 49.3 Å². The van der Waals surface area contributed by atoms with Crippen LogP contribution in [-0.2, 0) is 4.79 Å². The van der Waals surface area contributed by atoms with Gasteiger partial charge in [0.05, 0.1) is 0 Å². The predicted molar refractivity (Wildman–Crippen MR) is 71.9 cm³/mol. The fourth-order valence-electron chi connectivity index (χ4n) is 1.74. The van der Waals surface area contributed by atoms with Gasteiger partial charge in [0.15, 0.2) is 0 Å². The van der Waals surface area contributed by atoms with Gasteiger partial charge in [0.1, 0.15) is 0 Å². The zero-order chi connectivity index (χ0) is 12.9. The van der Waals surface area contributed by atoms with E-state index in [0.717, 1.165) is 31.7 Å². The monoisotopic (exact) mass is 243 g/mol. The Kier molecular flexibility index (Phi) is 11.5. The molecule has 0 aliphatic carbocycles. The van der Waals surface area contributed by atoms with Crippen molar-refractivity contribution in [3.8, 4) is 0 Å². The van der Waals surface area contributed by atoms with Crippen LogP contribution in [0.4, 0.5) is 0 Å². The summed E-state index contributed by atoms with van der Waals surface area (Å²) in [6, 6.07) is 0. The first kappa shape index (κ1) is 16.4. The van der Waals surface area contributed by atoms with E-state index in [2.05, 4.69) is 19.2 Å². The number of hydrogen-bond donors (Lipinski definition) is 2. The second-order valence-electron chi connectivity index (χ2n) is 5.13. The average molecular weight is 243 g/mol. The smallest absolute Gasteiger partial charge is 0.219 e. The van der Waals surface area contributed by atoms with Gasteiger partial charge in [-0.1, -0.05) is 39.5 Å². The molecule has 0 heterocycles. The summed E-state index contributed by atoms with van der Waals surface area (Å²) in [5.41, 5.74) is 0. The maximum Gasteiger partial charge on any atom is 0.219 e. The summed E-state index contributed by atoms with van der Waals surface area (Å²) in [4.78, 5) is 11.3. The molecule has 0 aromatic carbocycles. The van der Waals surface area contributed by atoms with Crippen LogP contribution in [0.1, 0.15) is 65.2 Å². The number of nitrogens with one attached hydrogen (secondary N) is 1. The molecule has 0 atom stereocenters. The van der Waals surface area contributed by atoms with E-state index in [-0.39, 0.29) is 12.5 Å². The molecule has 0 saturated carbocycles. The number of aliphatic hydroxyl groups excluding tert-OH is 1. The van der Waals surface area contributed by atoms with Crippen molar-refractivity contribution in [2.45, 2.75) is 65.2 Å². The number of amides is 1. The number of carbonyl (C=O) groups is 1. The highest BCUT2D eigenvalue weighted by molar-refractivity contribution is 5.75. The van der Waals surface area contributed by atoms with E-state index in [0.29, 0.717) is 6.42 Å². The van der Waals surface area contributed by atoms with Crippen molar-refractivity contribution < 1.29 is 9.90 Å². The summed E-state index contributed by atoms with van der Waals surface area (Å²) < 4.78 is 0. The molecule has 0 bridgehead atoms. The Morgan fingerprint density at radius 3 is 2.41 bits per heavy atom. The molecule has 1 amide bonds. The van der Waals surface area contributed by atoms with Gasteiger partial charge in [0.25, 0.3) is 0 Å². The maximum absolute atomic E-state index is 11.3. The van der Waals surface area contributed by atoms with Crippen LogP contribution in [0.5, 0.6) is 0 Å². The normalized spacial score (nSPS) is 10.8. The lowest BCUT2D eigenvalue weighted by Crippen LogP contribution is -2.24. The van der Waals surface area contributed by atoms with Crippen LogP contribution in [0.3, 0.4) is 0 Å². The largest absolute Gasteiger partial charge is 0.396 e.